The zero-order valence-corrected chi connectivity index (χ0v) is 17.2. The molecule has 0 spiro atoms. The number of hydrogen-bond donors (Lipinski definition) is 0. The largest absolute Gasteiger partial charge is 0.493 e. The summed E-state index contributed by atoms with van der Waals surface area (Å²) < 4.78 is 5.72. The Labute approximate surface area is 169 Å². The van der Waals surface area contributed by atoms with Crippen molar-refractivity contribution in [2.24, 2.45) is 5.92 Å². The van der Waals surface area contributed by atoms with Gasteiger partial charge in [-0.3, -0.25) is 4.79 Å². The number of rotatable bonds is 4. The number of amides is 1. The normalized spacial score (nSPS) is 22.4. The molecule has 0 radical (unpaired) electrons. The van der Waals surface area contributed by atoms with E-state index < -0.39 is 0 Å². The van der Waals surface area contributed by atoms with Crippen molar-refractivity contribution < 1.29 is 9.53 Å². The number of carbonyl (C=O) groups is 1. The average Bonchev–Trinajstić information content (AvgIpc) is 3.17. The molecule has 0 N–H and O–H groups in total. The molecular formula is C21H25ClN2O2S. The van der Waals surface area contributed by atoms with Crippen LogP contribution in [0.5, 0.6) is 5.75 Å². The van der Waals surface area contributed by atoms with Gasteiger partial charge in [0.2, 0.25) is 0 Å². The summed E-state index contributed by atoms with van der Waals surface area (Å²) in [5.74, 6) is 1.47. The monoisotopic (exact) mass is 404 g/mol. The molecule has 2 heterocycles. The minimum atomic E-state index is 0.0843. The molecule has 1 saturated carbocycles. The average molecular weight is 405 g/mol. The maximum Gasteiger partial charge on any atom is 0.273 e. The Morgan fingerprint density at radius 2 is 2.11 bits per heavy atom. The second-order valence-corrected chi connectivity index (χ2v) is 8.66. The smallest absolute Gasteiger partial charge is 0.273 e. The molecule has 0 bridgehead atoms. The third-order valence-electron chi connectivity index (χ3n) is 5.70. The summed E-state index contributed by atoms with van der Waals surface area (Å²) in [5.41, 5.74) is 1.44. The third kappa shape index (κ3) is 3.85. The van der Waals surface area contributed by atoms with Gasteiger partial charge in [-0.2, -0.15) is 0 Å². The van der Waals surface area contributed by atoms with Gasteiger partial charge in [0.25, 0.3) is 5.91 Å². The Hall–Kier alpha value is -1.59. The van der Waals surface area contributed by atoms with Gasteiger partial charge in [0.1, 0.15) is 16.5 Å². The van der Waals surface area contributed by atoms with E-state index in [-0.39, 0.29) is 5.91 Å². The van der Waals surface area contributed by atoms with Gasteiger partial charge in [-0.15, -0.1) is 11.3 Å². The standard InChI is InChI=1S/C21H25ClN2O2S/c1-2-26-19-12-15(22)9-10-16(19)20-23-17(13-27-20)21(25)24-11-5-7-14-6-3-4-8-18(14)24/h9-10,12-14,18H,2-8,11H2,1H3. The van der Waals surface area contributed by atoms with E-state index in [9.17, 15) is 4.79 Å². The number of fused-ring (bicyclic) bond motifs is 1. The molecule has 1 aliphatic heterocycles. The van der Waals surface area contributed by atoms with E-state index in [0.29, 0.717) is 35.0 Å². The first-order valence-electron chi connectivity index (χ1n) is 9.86. The molecular weight excluding hydrogens is 380 g/mol. The lowest BCUT2D eigenvalue weighted by Crippen LogP contribution is -2.49. The summed E-state index contributed by atoms with van der Waals surface area (Å²) >= 11 is 7.59. The van der Waals surface area contributed by atoms with Crippen LogP contribution in [0.25, 0.3) is 10.6 Å². The van der Waals surface area contributed by atoms with Gasteiger partial charge in [0, 0.05) is 23.0 Å². The molecule has 2 unspecified atom stereocenters. The predicted octanol–water partition coefficient (Wildman–Crippen LogP) is 5.66. The fraction of sp³-hybridized carbons (Fsp3) is 0.524. The number of halogens is 1. The van der Waals surface area contributed by atoms with Crippen molar-refractivity contribution in [3.8, 4) is 16.3 Å². The third-order valence-corrected chi connectivity index (χ3v) is 6.81. The number of benzene rings is 1. The summed E-state index contributed by atoms with van der Waals surface area (Å²) in [4.78, 5) is 19.9. The molecule has 2 aromatic rings. The summed E-state index contributed by atoms with van der Waals surface area (Å²) in [5, 5.41) is 3.32. The van der Waals surface area contributed by atoms with Crippen molar-refractivity contribution in [1.82, 2.24) is 9.88 Å². The molecule has 6 heteroatoms. The molecule has 4 nitrogen and oxygen atoms in total. The minimum absolute atomic E-state index is 0.0843. The van der Waals surface area contributed by atoms with E-state index in [1.165, 1.54) is 37.0 Å². The molecule has 144 valence electrons. The first kappa shape index (κ1) is 18.8. The van der Waals surface area contributed by atoms with Gasteiger partial charge in [0.05, 0.1) is 12.2 Å². The Bertz CT molecular complexity index is 820. The molecule has 27 heavy (non-hydrogen) atoms. The highest BCUT2D eigenvalue weighted by atomic mass is 35.5. The molecule has 1 aromatic heterocycles. The number of ether oxygens (including phenoxy) is 1. The fourth-order valence-electron chi connectivity index (χ4n) is 4.47. The van der Waals surface area contributed by atoms with Crippen LogP contribution in [-0.4, -0.2) is 35.0 Å². The second kappa shape index (κ2) is 8.19. The number of likely N-dealkylation sites (tertiary alicyclic amines) is 1. The number of carbonyl (C=O) groups excluding carboxylic acids is 1. The molecule has 1 saturated heterocycles. The van der Waals surface area contributed by atoms with Gasteiger partial charge in [0.15, 0.2) is 0 Å². The lowest BCUT2D eigenvalue weighted by molar-refractivity contribution is 0.0386. The van der Waals surface area contributed by atoms with Crippen LogP contribution in [0.4, 0.5) is 0 Å². The van der Waals surface area contributed by atoms with E-state index in [0.717, 1.165) is 30.0 Å². The maximum absolute atomic E-state index is 13.2. The van der Waals surface area contributed by atoms with Gasteiger partial charge in [-0.1, -0.05) is 24.4 Å². The molecule has 1 amide bonds. The zero-order chi connectivity index (χ0) is 18.8. The number of aromatic nitrogens is 1. The number of hydrogen-bond acceptors (Lipinski definition) is 4. The van der Waals surface area contributed by atoms with E-state index >= 15 is 0 Å². The quantitative estimate of drug-likeness (QED) is 0.660. The van der Waals surface area contributed by atoms with Gasteiger partial charge < -0.3 is 9.64 Å². The van der Waals surface area contributed by atoms with Crippen molar-refractivity contribution >= 4 is 28.8 Å². The summed E-state index contributed by atoms with van der Waals surface area (Å²) in [6.45, 7) is 3.36. The van der Waals surface area contributed by atoms with Crippen molar-refractivity contribution in [2.45, 2.75) is 51.5 Å². The van der Waals surface area contributed by atoms with Crippen LogP contribution >= 0.6 is 22.9 Å². The summed E-state index contributed by atoms with van der Waals surface area (Å²) in [6, 6.07) is 5.96. The summed E-state index contributed by atoms with van der Waals surface area (Å²) in [7, 11) is 0. The van der Waals surface area contributed by atoms with Crippen molar-refractivity contribution in [1.29, 1.82) is 0 Å². The van der Waals surface area contributed by atoms with E-state index in [2.05, 4.69) is 9.88 Å². The second-order valence-electron chi connectivity index (χ2n) is 7.36. The fourth-order valence-corrected chi connectivity index (χ4v) is 5.45. The van der Waals surface area contributed by atoms with Crippen LogP contribution < -0.4 is 4.74 Å². The molecule has 4 rings (SSSR count). The highest BCUT2D eigenvalue weighted by Gasteiger charge is 2.36. The Morgan fingerprint density at radius 3 is 2.96 bits per heavy atom. The molecule has 1 aromatic carbocycles. The van der Waals surface area contributed by atoms with Crippen LogP contribution in [0.3, 0.4) is 0 Å². The zero-order valence-electron chi connectivity index (χ0n) is 15.6. The molecule has 1 aliphatic carbocycles. The van der Waals surface area contributed by atoms with Gasteiger partial charge >= 0.3 is 0 Å². The van der Waals surface area contributed by atoms with E-state index in [1.54, 1.807) is 6.07 Å². The summed E-state index contributed by atoms with van der Waals surface area (Å²) in [6.07, 6.45) is 7.31. The molecule has 2 aliphatic rings. The Balaban J connectivity index is 1.58. The Morgan fingerprint density at radius 1 is 1.30 bits per heavy atom. The van der Waals surface area contributed by atoms with E-state index in [4.69, 9.17) is 16.3 Å². The van der Waals surface area contributed by atoms with Crippen molar-refractivity contribution in [3.63, 3.8) is 0 Å². The number of thiazole rings is 1. The number of piperidine rings is 1. The van der Waals surface area contributed by atoms with Crippen molar-refractivity contribution in [3.05, 3.63) is 34.3 Å². The molecule has 2 fully saturated rings. The predicted molar refractivity (Wildman–Crippen MR) is 110 cm³/mol. The lowest BCUT2D eigenvalue weighted by atomic mass is 9.78. The van der Waals surface area contributed by atoms with E-state index in [1.807, 2.05) is 24.4 Å². The highest BCUT2D eigenvalue weighted by Crippen LogP contribution is 2.37. The SMILES string of the molecule is CCOc1cc(Cl)ccc1-c1nc(C(=O)N2CCCC3CCCCC32)cs1. The van der Waals surface area contributed by atoms with Gasteiger partial charge in [-0.25, -0.2) is 4.98 Å². The van der Waals surface area contributed by atoms with Crippen LogP contribution in [0.1, 0.15) is 55.9 Å². The highest BCUT2D eigenvalue weighted by molar-refractivity contribution is 7.13. The van der Waals surface area contributed by atoms with Crippen LogP contribution in [0, 0.1) is 5.92 Å². The minimum Gasteiger partial charge on any atom is -0.493 e. The molecule has 2 atom stereocenters. The van der Waals surface area contributed by atoms with Crippen LogP contribution in [0.2, 0.25) is 5.02 Å². The number of nitrogens with zero attached hydrogens (tertiary/aromatic N) is 2. The Kier molecular flexibility index (Phi) is 5.69. The maximum atomic E-state index is 13.2. The van der Waals surface area contributed by atoms with Crippen LogP contribution in [-0.2, 0) is 0 Å². The topological polar surface area (TPSA) is 42.4 Å². The first-order valence-corrected chi connectivity index (χ1v) is 11.1. The lowest BCUT2D eigenvalue weighted by Gasteiger charge is -2.43. The van der Waals surface area contributed by atoms with Crippen molar-refractivity contribution in [2.75, 3.05) is 13.2 Å². The first-order chi connectivity index (χ1) is 13.2. The van der Waals surface area contributed by atoms with Crippen LogP contribution in [0.15, 0.2) is 23.6 Å². The van der Waals surface area contributed by atoms with Gasteiger partial charge in [-0.05, 0) is 56.7 Å².